The fraction of sp³-hybridized carbons (Fsp3) is 0.154. The highest BCUT2D eigenvalue weighted by Gasteiger charge is 2.16. The first-order chi connectivity index (χ1) is 9.58. The Morgan fingerprint density at radius 3 is 2.70 bits per heavy atom. The van der Waals surface area contributed by atoms with Gasteiger partial charge in [0.25, 0.3) is 5.69 Å². The van der Waals surface area contributed by atoms with E-state index in [9.17, 15) is 10.1 Å². The molecule has 104 valence electrons. The van der Waals surface area contributed by atoms with E-state index in [1.807, 2.05) is 12.1 Å². The highest BCUT2D eigenvalue weighted by Crippen LogP contribution is 2.33. The van der Waals surface area contributed by atoms with Crippen LogP contribution in [0.1, 0.15) is 5.56 Å². The van der Waals surface area contributed by atoms with Crippen LogP contribution in [0.5, 0.6) is 0 Å². The minimum atomic E-state index is -0.491. The highest BCUT2D eigenvalue weighted by molar-refractivity contribution is 6.42. The minimum Gasteiger partial charge on any atom is -0.379 e. The molecule has 1 N–H and O–H groups in total. The molecular weight excluding hydrogens is 301 g/mol. The molecule has 0 unspecified atom stereocenters. The summed E-state index contributed by atoms with van der Waals surface area (Å²) in [5, 5.41) is 14.4. The van der Waals surface area contributed by atoms with Crippen LogP contribution in [0.3, 0.4) is 0 Å². The fourth-order valence-electron chi connectivity index (χ4n) is 1.72. The molecular formula is C13H11Cl2N3O2. The maximum Gasteiger partial charge on any atom is 0.293 e. The van der Waals surface area contributed by atoms with E-state index in [-0.39, 0.29) is 15.7 Å². The van der Waals surface area contributed by atoms with Gasteiger partial charge in [-0.05, 0) is 24.1 Å². The Labute approximate surface area is 125 Å². The first kappa shape index (κ1) is 14.6. The average Bonchev–Trinajstić information content (AvgIpc) is 2.43. The second-order valence-corrected chi connectivity index (χ2v) is 4.89. The van der Waals surface area contributed by atoms with E-state index in [4.69, 9.17) is 23.2 Å². The Hall–Kier alpha value is -1.85. The van der Waals surface area contributed by atoms with Crippen LogP contribution in [0.2, 0.25) is 10.0 Å². The lowest BCUT2D eigenvalue weighted by Crippen LogP contribution is -2.07. The van der Waals surface area contributed by atoms with Crippen LogP contribution in [0.25, 0.3) is 0 Å². The zero-order valence-corrected chi connectivity index (χ0v) is 11.9. The summed E-state index contributed by atoms with van der Waals surface area (Å²) in [6.45, 7) is 0.532. The molecule has 2 aromatic rings. The van der Waals surface area contributed by atoms with Crippen molar-refractivity contribution in [1.82, 2.24) is 4.98 Å². The molecule has 0 radical (unpaired) electrons. The Morgan fingerprint density at radius 1 is 1.30 bits per heavy atom. The van der Waals surface area contributed by atoms with Gasteiger partial charge in [0.15, 0.2) is 0 Å². The molecule has 7 heteroatoms. The van der Waals surface area contributed by atoms with Crippen LogP contribution >= 0.6 is 23.2 Å². The molecule has 1 aromatic heterocycles. The van der Waals surface area contributed by atoms with E-state index in [2.05, 4.69) is 10.3 Å². The molecule has 0 saturated heterocycles. The van der Waals surface area contributed by atoms with Crippen LogP contribution in [0, 0.1) is 10.1 Å². The summed E-state index contributed by atoms with van der Waals surface area (Å²) in [4.78, 5) is 14.5. The van der Waals surface area contributed by atoms with Crippen molar-refractivity contribution in [3.63, 3.8) is 0 Å². The predicted octanol–water partition coefficient (Wildman–Crippen LogP) is 3.95. The van der Waals surface area contributed by atoms with Crippen LogP contribution in [-0.4, -0.2) is 16.5 Å². The lowest BCUT2D eigenvalue weighted by Gasteiger charge is -2.08. The molecule has 0 atom stereocenters. The molecule has 0 amide bonds. The number of pyridine rings is 1. The summed E-state index contributed by atoms with van der Waals surface area (Å²) < 4.78 is 0. The standard InChI is InChI=1S/C13H11Cl2N3O2/c14-10-6-12(13(18(19)20)7-11(10)15)17-5-3-9-2-1-4-16-8-9/h1-2,4,6-8,17H,3,5H2. The Kier molecular flexibility index (Phi) is 4.76. The topological polar surface area (TPSA) is 68.1 Å². The summed E-state index contributed by atoms with van der Waals surface area (Å²) in [6.07, 6.45) is 4.15. The lowest BCUT2D eigenvalue weighted by atomic mass is 10.2. The Morgan fingerprint density at radius 2 is 2.05 bits per heavy atom. The highest BCUT2D eigenvalue weighted by atomic mass is 35.5. The summed E-state index contributed by atoms with van der Waals surface area (Å²) >= 11 is 11.7. The van der Waals surface area contributed by atoms with E-state index in [0.29, 0.717) is 18.7 Å². The number of nitro groups is 1. The summed E-state index contributed by atoms with van der Waals surface area (Å²) in [7, 11) is 0. The maximum atomic E-state index is 11.0. The van der Waals surface area contributed by atoms with Crippen LogP contribution < -0.4 is 5.32 Å². The summed E-state index contributed by atoms with van der Waals surface area (Å²) in [6, 6.07) is 6.50. The van der Waals surface area contributed by atoms with Gasteiger partial charge in [-0.2, -0.15) is 0 Å². The SMILES string of the molecule is O=[N+]([O-])c1cc(Cl)c(Cl)cc1NCCc1cccnc1. The fourth-order valence-corrected chi connectivity index (χ4v) is 2.04. The molecule has 2 rings (SSSR count). The lowest BCUT2D eigenvalue weighted by molar-refractivity contribution is -0.383. The van der Waals surface area contributed by atoms with Gasteiger partial charge < -0.3 is 5.32 Å². The second-order valence-electron chi connectivity index (χ2n) is 4.08. The van der Waals surface area contributed by atoms with Gasteiger partial charge in [-0.25, -0.2) is 0 Å². The van der Waals surface area contributed by atoms with E-state index in [1.165, 1.54) is 12.1 Å². The smallest absolute Gasteiger partial charge is 0.293 e. The van der Waals surface area contributed by atoms with Gasteiger partial charge in [0.1, 0.15) is 5.69 Å². The number of benzene rings is 1. The molecule has 20 heavy (non-hydrogen) atoms. The Balaban J connectivity index is 2.09. The number of hydrogen-bond donors (Lipinski definition) is 1. The largest absolute Gasteiger partial charge is 0.379 e. The first-order valence-corrected chi connectivity index (χ1v) is 6.59. The third-order valence-corrected chi connectivity index (χ3v) is 3.41. The molecule has 0 saturated carbocycles. The number of nitrogens with zero attached hydrogens (tertiary/aromatic N) is 2. The number of nitro benzene ring substituents is 1. The van der Waals surface area contributed by atoms with Gasteiger partial charge in [-0.15, -0.1) is 0 Å². The normalized spacial score (nSPS) is 10.3. The van der Waals surface area contributed by atoms with Crippen LogP contribution in [0.4, 0.5) is 11.4 Å². The summed E-state index contributed by atoms with van der Waals surface area (Å²) in [5.74, 6) is 0. The second kappa shape index (κ2) is 6.54. The third-order valence-electron chi connectivity index (χ3n) is 2.69. The molecule has 0 aliphatic carbocycles. The number of nitrogens with one attached hydrogen (secondary N) is 1. The quantitative estimate of drug-likeness (QED) is 0.670. The van der Waals surface area contributed by atoms with Crippen molar-refractivity contribution in [2.24, 2.45) is 0 Å². The number of rotatable bonds is 5. The molecule has 1 aromatic carbocycles. The molecule has 0 aliphatic heterocycles. The maximum absolute atomic E-state index is 11.0. The third kappa shape index (κ3) is 3.59. The molecule has 0 bridgehead atoms. The zero-order valence-electron chi connectivity index (χ0n) is 10.3. The van der Waals surface area contributed by atoms with Crippen molar-refractivity contribution in [3.8, 4) is 0 Å². The molecule has 0 spiro atoms. The molecule has 1 heterocycles. The number of anilines is 1. The van der Waals surface area contributed by atoms with Crippen LogP contribution in [0.15, 0.2) is 36.7 Å². The first-order valence-electron chi connectivity index (χ1n) is 5.84. The van der Waals surface area contributed by atoms with E-state index < -0.39 is 4.92 Å². The van der Waals surface area contributed by atoms with E-state index >= 15 is 0 Å². The predicted molar refractivity (Wildman–Crippen MR) is 79.5 cm³/mol. The number of hydrogen-bond acceptors (Lipinski definition) is 4. The van der Waals surface area contributed by atoms with Gasteiger partial charge in [-0.3, -0.25) is 15.1 Å². The van der Waals surface area contributed by atoms with Gasteiger partial charge in [0, 0.05) is 25.0 Å². The van der Waals surface area contributed by atoms with Gasteiger partial charge in [0.2, 0.25) is 0 Å². The summed E-state index contributed by atoms with van der Waals surface area (Å²) in [5.41, 5.74) is 1.31. The van der Waals surface area contributed by atoms with Crippen LogP contribution in [-0.2, 0) is 6.42 Å². The van der Waals surface area contributed by atoms with Crippen molar-refractivity contribution in [2.45, 2.75) is 6.42 Å². The van der Waals surface area contributed by atoms with Gasteiger partial charge >= 0.3 is 0 Å². The van der Waals surface area contributed by atoms with E-state index in [0.717, 1.165) is 5.56 Å². The zero-order chi connectivity index (χ0) is 14.5. The van der Waals surface area contributed by atoms with Gasteiger partial charge in [-0.1, -0.05) is 29.3 Å². The molecule has 0 fully saturated rings. The molecule has 5 nitrogen and oxygen atoms in total. The average molecular weight is 312 g/mol. The van der Waals surface area contributed by atoms with Gasteiger partial charge in [0.05, 0.1) is 15.0 Å². The van der Waals surface area contributed by atoms with E-state index in [1.54, 1.807) is 12.4 Å². The number of aromatic nitrogens is 1. The van der Waals surface area contributed by atoms with Crippen molar-refractivity contribution >= 4 is 34.6 Å². The molecule has 0 aliphatic rings. The van der Waals surface area contributed by atoms with Crippen molar-refractivity contribution in [1.29, 1.82) is 0 Å². The minimum absolute atomic E-state index is 0.0920. The number of halogens is 2. The van der Waals surface area contributed by atoms with Crippen molar-refractivity contribution in [2.75, 3.05) is 11.9 Å². The Bertz CT molecular complexity index is 621. The van der Waals surface area contributed by atoms with Crippen molar-refractivity contribution in [3.05, 3.63) is 62.4 Å². The van der Waals surface area contributed by atoms with Crippen molar-refractivity contribution < 1.29 is 4.92 Å². The monoisotopic (exact) mass is 311 g/mol.